The molecular formula is C17H19N3O3. The third kappa shape index (κ3) is 2.25. The van der Waals surface area contributed by atoms with Gasteiger partial charge in [-0.25, -0.2) is 4.68 Å². The van der Waals surface area contributed by atoms with Gasteiger partial charge in [-0.3, -0.25) is 4.79 Å². The van der Waals surface area contributed by atoms with Gasteiger partial charge in [0.1, 0.15) is 5.82 Å². The molecule has 1 aromatic heterocycles. The summed E-state index contributed by atoms with van der Waals surface area (Å²) in [6.45, 7) is 6.45. The number of carbonyl (C=O) groups is 1. The highest BCUT2D eigenvalue weighted by molar-refractivity contribution is 5.94. The zero-order valence-electron chi connectivity index (χ0n) is 13.4. The molecule has 3 heterocycles. The summed E-state index contributed by atoms with van der Waals surface area (Å²) >= 11 is 0. The van der Waals surface area contributed by atoms with E-state index >= 15 is 0 Å². The number of aromatic nitrogens is 2. The highest BCUT2D eigenvalue weighted by Gasteiger charge is 2.33. The van der Waals surface area contributed by atoms with Crippen molar-refractivity contribution in [2.45, 2.75) is 38.6 Å². The minimum absolute atomic E-state index is 0.00571. The maximum Gasteiger partial charge on any atom is 0.231 e. The van der Waals surface area contributed by atoms with Crippen molar-refractivity contribution in [3.05, 3.63) is 35.5 Å². The monoisotopic (exact) mass is 313 g/mol. The van der Waals surface area contributed by atoms with Crippen LogP contribution in [0.15, 0.2) is 24.4 Å². The molecule has 120 valence electrons. The van der Waals surface area contributed by atoms with Gasteiger partial charge in [0.05, 0.1) is 11.7 Å². The van der Waals surface area contributed by atoms with Crippen LogP contribution in [0.1, 0.15) is 44.2 Å². The first kappa shape index (κ1) is 14.1. The van der Waals surface area contributed by atoms with Crippen molar-refractivity contribution in [2.24, 2.45) is 0 Å². The van der Waals surface area contributed by atoms with E-state index in [1.807, 2.05) is 29.1 Å². The number of rotatable bonds is 1. The number of hydrogen-bond acceptors (Lipinski definition) is 4. The van der Waals surface area contributed by atoms with Crippen LogP contribution >= 0.6 is 0 Å². The number of nitrogens with one attached hydrogen (secondary N) is 1. The van der Waals surface area contributed by atoms with Crippen molar-refractivity contribution in [3.8, 4) is 11.5 Å². The Morgan fingerprint density at radius 1 is 1.26 bits per heavy atom. The molecule has 0 bridgehead atoms. The molecule has 1 N–H and O–H groups in total. The van der Waals surface area contributed by atoms with E-state index in [1.54, 1.807) is 0 Å². The molecule has 6 nitrogen and oxygen atoms in total. The van der Waals surface area contributed by atoms with Crippen LogP contribution < -0.4 is 14.8 Å². The van der Waals surface area contributed by atoms with Crippen molar-refractivity contribution < 1.29 is 14.3 Å². The summed E-state index contributed by atoms with van der Waals surface area (Å²) in [5.74, 6) is 2.25. The number of carbonyl (C=O) groups excluding carboxylic acids is 1. The molecule has 1 atom stereocenters. The molecule has 1 amide bonds. The first-order chi connectivity index (χ1) is 10.9. The smallest absolute Gasteiger partial charge is 0.231 e. The van der Waals surface area contributed by atoms with Crippen LogP contribution in [0.25, 0.3) is 0 Å². The minimum Gasteiger partial charge on any atom is -0.454 e. The van der Waals surface area contributed by atoms with E-state index in [2.05, 4.69) is 31.2 Å². The molecule has 0 radical (unpaired) electrons. The molecule has 1 unspecified atom stereocenters. The topological polar surface area (TPSA) is 65.4 Å². The molecule has 0 saturated heterocycles. The second kappa shape index (κ2) is 4.75. The van der Waals surface area contributed by atoms with E-state index in [1.165, 1.54) is 0 Å². The summed E-state index contributed by atoms with van der Waals surface area (Å²) in [4.78, 5) is 12.2. The molecule has 1 aromatic carbocycles. The van der Waals surface area contributed by atoms with Crippen LogP contribution in [-0.4, -0.2) is 22.5 Å². The molecular weight excluding hydrogens is 294 g/mol. The summed E-state index contributed by atoms with van der Waals surface area (Å²) < 4.78 is 12.7. The lowest BCUT2D eigenvalue weighted by Gasteiger charge is -2.28. The highest BCUT2D eigenvalue weighted by Crippen LogP contribution is 2.42. The van der Waals surface area contributed by atoms with Crippen LogP contribution in [-0.2, 0) is 10.3 Å². The van der Waals surface area contributed by atoms with E-state index in [-0.39, 0.29) is 24.2 Å². The molecule has 23 heavy (non-hydrogen) atoms. The fourth-order valence-corrected chi connectivity index (χ4v) is 3.16. The summed E-state index contributed by atoms with van der Waals surface area (Å²) in [6.07, 6.45) is 2.26. The van der Waals surface area contributed by atoms with Gasteiger partial charge in [-0.15, -0.1) is 0 Å². The molecule has 0 saturated carbocycles. The molecule has 2 aliphatic rings. The molecule has 2 aromatic rings. The first-order valence-electron chi connectivity index (χ1n) is 7.71. The Bertz CT molecular complexity index is 789. The Labute approximate surface area is 134 Å². The third-order valence-electron chi connectivity index (χ3n) is 4.25. The van der Waals surface area contributed by atoms with Crippen molar-refractivity contribution in [1.82, 2.24) is 9.78 Å². The number of fused-ring (bicyclic) bond motifs is 2. The van der Waals surface area contributed by atoms with Crippen LogP contribution in [0, 0.1) is 0 Å². The van der Waals surface area contributed by atoms with Crippen molar-refractivity contribution >= 4 is 11.7 Å². The Kier molecular flexibility index (Phi) is 2.91. The number of ether oxygens (including phenoxy) is 2. The van der Waals surface area contributed by atoms with Gasteiger partial charge in [0.25, 0.3) is 0 Å². The van der Waals surface area contributed by atoms with Crippen molar-refractivity contribution in [2.75, 3.05) is 12.1 Å². The number of benzene rings is 1. The molecule has 6 heteroatoms. The summed E-state index contributed by atoms with van der Waals surface area (Å²) in [5.41, 5.74) is 1.88. The van der Waals surface area contributed by atoms with Gasteiger partial charge >= 0.3 is 0 Å². The predicted molar refractivity (Wildman–Crippen MR) is 84.9 cm³/mol. The zero-order valence-corrected chi connectivity index (χ0v) is 13.4. The molecule has 2 aliphatic heterocycles. The Balaban J connectivity index is 1.80. The number of hydrogen-bond donors (Lipinski definition) is 1. The summed E-state index contributed by atoms with van der Waals surface area (Å²) in [5, 5.41) is 7.47. The average molecular weight is 313 g/mol. The third-order valence-corrected chi connectivity index (χ3v) is 4.25. The van der Waals surface area contributed by atoms with Gasteiger partial charge in [-0.1, -0.05) is 6.07 Å². The fraction of sp³-hybridized carbons (Fsp3) is 0.412. The standard InChI is InChI=1S/C17H19N3O3/c1-17(2,3)20-16-12(8-18-20)11(7-15(21)19-16)10-4-5-13-14(6-10)23-9-22-13/h4-6,8,11H,7,9H2,1-3H3,(H,19,21). The Morgan fingerprint density at radius 3 is 2.83 bits per heavy atom. The second-order valence-corrected chi connectivity index (χ2v) is 6.95. The first-order valence-corrected chi connectivity index (χ1v) is 7.71. The molecule has 0 fully saturated rings. The van der Waals surface area contributed by atoms with Gasteiger partial charge in [0, 0.05) is 17.9 Å². The quantitative estimate of drug-likeness (QED) is 0.879. The second-order valence-electron chi connectivity index (χ2n) is 6.95. The largest absolute Gasteiger partial charge is 0.454 e. The van der Waals surface area contributed by atoms with Gasteiger partial charge in [-0.2, -0.15) is 5.10 Å². The minimum atomic E-state index is -0.197. The fourth-order valence-electron chi connectivity index (χ4n) is 3.16. The van der Waals surface area contributed by atoms with Gasteiger partial charge < -0.3 is 14.8 Å². The molecule has 0 aliphatic carbocycles. The summed E-state index contributed by atoms with van der Waals surface area (Å²) in [6, 6.07) is 5.86. The summed E-state index contributed by atoms with van der Waals surface area (Å²) in [7, 11) is 0. The van der Waals surface area contributed by atoms with E-state index in [4.69, 9.17) is 9.47 Å². The Hall–Kier alpha value is -2.50. The maximum absolute atomic E-state index is 12.2. The zero-order chi connectivity index (χ0) is 16.2. The average Bonchev–Trinajstić information content (AvgIpc) is 3.10. The van der Waals surface area contributed by atoms with E-state index in [9.17, 15) is 4.79 Å². The molecule has 0 spiro atoms. The van der Waals surface area contributed by atoms with Crippen LogP contribution in [0.4, 0.5) is 5.82 Å². The van der Waals surface area contributed by atoms with Crippen LogP contribution in [0.3, 0.4) is 0 Å². The van der Waals surface area contributed by atoms with E-state index < -0.39 is 0 Å². The normalized spacial score (nSPS) is 19.4. The number of amides is 1. The van der Waals surface area contributed by atoms with E-state index in [0.29, 0.717) is 6.42 Å². The SMILES string of the molecule is CC(C)(C)n1ncc2c1NC(=O)CC2c1ccc2c(c1)OCO2. The lowest BCUT2D eigenvalue weighted by molar-refractivity contribution is -0.116. The predicted octanol–water partition coefficient (Wildman–Crippen LogP) is 2.84. The van der Waals surface area contributed by atoms with Crippen LogP contribution in [0.2, 0.25) is 0 Å². The number of anilines is 1. The van der Waals surface area contributed by atoms with Gasteiger partial charge in [0.15, 0.2) is 11.5 Å². The van der Waals surface area contributed by atoms with Crippen molar-refractivity contribution in [1.29, 1.82) is 0 Å². The lowest BCUT2D eigenvalue weighted by atomic mass is 9.87. The van der Waals surface area contributed by atoms with E-state index in [0.717, 1.165) is 28.4 Å². The molecule has 4 rings (SSSR count). The lowest BCUT2D eigenvalue weighted by Crippen LogP contribution is -2.30. The van der Waals surface area contributed by atoms with Crippen molar-refractivity contribution in [3.63, 3.8) is 0 Å². The number of nitrogens with zero attached hydrogens (tertiary/aromatic N) is 2. The van der Waals surface area contributed by atoms with Crippen LogP contribution in [0.5, 0.6) is 11.5 Å². The maximum atomic E-state index is 12.2. The highest BCUT2D eigenvalue weighted by atomic mass is 16.7. The Morgan fingerprint density at radius 2 is 2.04 bits per heavy atom. The van der Waals surface area contributed by atoms with Gasteiger partial charge in [0.2, 0.25) is 12.7 Å². The van der Waals surface area contributed by atoms with Gasteiger partial charge in [-0.05, 0) is 38.5 Å².